The van der Waals surface area contributed by atoms with Crippen molar-refractivity contribution in [3.05, 3.63) is 89.2 Å². The monoisotopic (exact) mass is 483 g/mol. The van der Waals surface area contributed by atoms with Gasteiger partial charge >= 0.3 is 0 Å². The van der Waals surface area contributed by atoms with Gasteiger partial charge in [0.2, 0.25) is 5.91 Å². The first-order chi connectivity index (χ1) is 17.4. The summed E-state index contributed by atoms with van der Waals surface area (Å²) < 4.78 is 8.09. The van der Waals surface area contributed by atoms with E-state index in [-0.39, 0.29) is 18.4 Å². The van der Waals surface area contributed by atoms with Gasteiger partial charge in [0.15, 0.2) is 0 Å². The Kier molecular flexibility index (Phi) is 6.79. The molecule has 1 aliphatic rings. The zero-order valence-electron chi connectivity index (χ0n) is 21.1. The molecule has 0 spiro atoms. The summed E-state index contributed by atoms with van der Waals surface area (Å²) in [7, 11) is 0. The first-order valence-corrected chi connectivity index (χ1v) is 12.7. The third-order valence-electron chi connectivity index (χ3n) is 7.05. The standard InChI is InChI=1S/C30H33N3O3/c1-4-22-12-14-24(15-13-22)32-17-23(16-28(32)35)30-31-26-10-5-6-11-27(26)33(30)18-25(34)19-36-29-20(2)8-7-9-21(29)3/h5-15,23,25,34H,4,16-19H2,1-3H3/t23-,25+/m1/s1. The van der Waals surface area contributed by atoms with Crippen molar-refractivity contribution in [1.82, 2.24) is 9.55 Å². The average Bonchev–Trinajstić information content (AvgIpc) is 3.44. The van der Waals surface area contributed by atoms with Gasteiger partial charge in [0.1, 0.15) is 24.3 Å². The van der Waals surface area contributed by atoms with Crippen molar-refractivity contribution < 1.29 is 14.6 Å². The Labute approximate surface area is 212 Å². The highest BCUT2D eigenvalue weighted by molar-refractivity contribution is 5.96. The smallest absolute Gasteiger partial charge is 0.227 e. The molecule has 1 fully saturated rings. The van der Waals surface area contributed by atoms with E-state index < -0.39 is 6.10 Å². The number of ether oxygens (including phenoxy) is 1. The van der Waals surface area contributed by atoms with Crippen LogP contribution >= 0.6 is 0 Å². The maximum Gasteiger partial charge on any atom is 0.227 e. The Morgan fingerprint density at radius 1 is 1.03 bits per heavy atom. The van der Waals surface area contributed by atoms with E-state index in [0.717, 1.165) is 45.8 Å². The number of fused-ring (bicyclic) bond motifs is 1. The second-order valence-corrected chi connectivity index (χ2v) is 9.68. The van der Waals surface area contributed by atoms with Gasteiger partial charge < -0.3 is 19.3 Å². The van der Waals surface area contributed by atoms with Crippen LogP contribution in [0, 0.1) is 13.8 Å². The van der Waals surface area contributed by atoms with Gasteiger partial charge in [-0.1, -0.05) is 49.4 Å². The molecular formula is C30H33N3O3. The molecule has 2 heterocycles. The third kappa shape index (κ3) is 4.73. The number of carbonyl (C=O) groups excluding carboxylic acids is 1. The minimum atomic E-state index is -0.727. The minimum absolute atomic E-state index is 0.0533. The lowest BCUT2D eigenvalue weighted by Crippen LogP contribution is -2.26. The summed E-state index contributed by atoms with van der Waals surface area (Å²) in [6, 6.07) is 22.2. The Bertz CT molecular complexity index is 1360. The van der Waals surface area contributed by atoms with E-state index in [0.29, 0.717) is 19.5 Å². The normalized spacial score (nSPS) is 16.6. The molecule has 1 aromatic heterocycles. The number of imidazole rings is 1. The Balaban J connectivity index is 1.38. The van der Waals surface area contributed by atoms with Gasteiger partial charge in [-0.05, 0) is 61.2 Å². The summed E-state index contributed by atoms with van der Waals surface area (Å²) in [5.74, 6) is 1.70. The second kappa shape index (κ2) is 10.2. The summed E-state index contributed by atoms with van der Waals surface area (Å²) >= 11 is 0. The van der Waals surface area contributed by atoms with Crippen LogP contribution in [0.25, 0.3) is 11.0 Å². The van der Waals surface area contributed by atoms with Crippen LogP contribution in [0.4, 0.5) is 5.69 Å². The van der Waals surface area contributed by atoms with E-state index in [1.54, 1.807) is 0 Å². The van der Waals surface area contributed by atoms with Crippen LogP contribution in [0.5, 0.6) is 5.75 Å². The van der Waals surface area contributed by atoms with Crippen LogP contribution in [-0.2, 0) is 17.8 Å². The predicted octanol–water partition coefficient (Wildman–Crippen LogP) is 5.18. The molecule has 3 aromatic carbocycles. The number of rotatable bonds is 8. The number of aromatic nitrogens is 2. The number of aliphatic hydroxyl groups is 1. The average molecular weight is 484 g/mol. The molecule has 5 rings (SSSR count). The molecule has 6 heteroatoms. The molecule has 4 aromatic rings. The maximum absolute atomic E-state index is 13.0. The van der Waals surface area contributed by atoms with E-state index in [9.17, 15) is 9.90 Å². The number of hydrogen-bond acceptors (Lipinski definition) is 4. The van der Waals surface area contributed by atoms with Crippen molar-refractivity contribution in [1.29, 1.82) is 0 Å². The number of benzene rings is 3. The number of hydrogen-bond donors (Lipinski definition) is 1. The van der Waals surface area contributed by atoms with Gasteiger partial charge in [-0.25, -0.2) is 4.98 Å². The van der Waals surface area contributed by atoms with Crippen molar-refractivity contribution in [2.75, 3.05) is 18.1 Å². The van der Waals surface area contributed by atoms with Crippen molar-refractivity contribution in [2.45, 2.75) is 52.2 Å². The molecule has 1 aliphatic heterocycles. The molecular weight excluding hydrogens is 450 g/mol. The van der Waals surface area contributed by atoms with Gasteiger partial charge in [0.05, 0.1) is 17.6 Å². The number of anilines is 1. The SMILES string of the molecule is CCc1ccc(N2C[C@H](c3nc4ccccc4n3C[C@H](O)COc3c(C)cccc3C)CC2=O)cc1. The van der Waals surface area contributed by atoms with Crippen LogP contribution in [0.1, 0.15) is 41.8 Å². The Hall–Kier alpha value is -3.64. The summed E-state index contributed by atoms with van der Waals surface area (Å²) in [6.45, 7) is 7.23. The lowest BCUT2D eigenvalue weighted by atomic mass is 10.1. The van der Waals surface area contributed by atoms with Gasteiger partial charge in [0.25, 0.3) is 0 Å². The molecule has 1 N–H and O–H groups in total. The molecule has 0 radical (unpaired) electrons. The van der Waals surface area contributed by atoms with Crippen LogP contribution in [0.15, 0.2) is 66.7 Å². The molecule has 2 atom stereocenters. The number of amides is 1. The van der Waals surface area contributed by atoms with E-state index in [1.807, 2.05) is 73.3 Å². The largest absolute Gasteiger partial charge is 0.490 e. The lowest BCUT2D eigenvalue weighted by molar-refractivity contribution is -0.117. The van der Waals surface area contributed by atoms with Crippen molar-refractivity contribution in [2.24, 2.45) is 0 Å². The van der Waals surface area contributed by atoms with E-state index in [1.165, 1.54) is 5.56 Å². The highest BCUT2D eigenvalue weighted by Crippen LogP contribution is 2.33. The molecule has 6 nitrogen and oxygen atoms in total. The van der Waals surface area contributed by atoms with Crippen LogP contribution in [0.2, 0.25) is 0 Å². The Morgan fingerprint density at radius 3 is 2.47 bits per heavy atom. The van der Waals surface area contributed by atoms with Crippen molar-refractivity contribution >= 4 is 22.6 Å². The summed E-state index contributed by atoms with van der Waals surface area (Å²) in [5.41, 5.74) is 6.09. The molecule has 186 valence electrons. The maximum atomic E-state index is 13.0. The first-order valence-electron chi connectivity index (χ1n) is 12.7. The fourth-order valence-corrected chi connectivity index (χ4v) is 5.11. The quantitative estimate of drug-likeness (QED) is 0.375. The molecule has 0 unspecified atom stereocenters. The molecule has 1 amide bonds. The summed E-state index contributed by atoms with van der Waals surface area (Å²) in [5, 5.41) is 11.0. The number of carbonyl (C=O) groups is 1. The van der Waals surface area contributed by atoms with Crippen molar-refractivity contribution in [3.8, 4) is 5.75 Å². The van der Waals surface area contributed by atoms with E-state index in [2.05, 4.69) is 23.6 Å². The Morgan fingerprint density at radius 2 is 1.75 bits per heavy atom. The summed E-state index contributed by atoms with van der Waals surface area (Å²) in [4.78, 5) is 19.8. The van der Waals surface area contributed by atoms with Crippen LogP contribution in [-0.4, -0.2) is 39.8 Å². The minimum Gasteiger partial charge on any atom is -0.490 e. The van der Waals surface area contributed by atoms with Crippen LogP contribution < -0.4 is 9.64 Å². The zero-order valence-corrected chi connectivity index (χ0v) is 21.1. The van der Waals surface area contributed by atoms with Gasteiger partial charge in [-0.3, -0.25) is 4.79 Å². The van der Waals surface area contributed by atoms with Gasteiger partial charge in [-0.2, -0.15) is 0 Å². The number of aryl methyl sites for hydroxylation is 3. The highest BCUT2D eigenvalue weighted by atomic mass is 16.5. The number of aliphatic hydroxyl groups excluding tert-OH is 1. The van der Waals surface area contributed by atoms with E-state index >= 15 is 0 Å². The molecule has 0 bridgehead atoms. The topological polar surface area (TPSA) is 67.6 Å². The lowest BCUT2D eigenvalue weighted by Gasteiger charge is -2.20. The van der Waals surface area contributed by atoms with Gasteiger partial charge in [0, 0.05) is 24.6 Å². The van der Waals surface area contributed by atoms with Crippen molar-refractivity contribution in [3.63, 3.8) is 0 Å². The number of para-hydroxylation sites is 3. The van der Waals surface area contributed by atoms with Gasteiger partial charge in [-0.15, -0.1) is 0 Å². The fourth-order valence-electron chi connectivity index (χ4n) is 5.11. The third-order valence-corrected chi connectivity index (χ3v) is 7.05. The molecule has 0 saturated carbocycles. The number of nitrogens with zero attached hydrogens (tertiary/aromatic N) is 3. The first kappa shape index (κ1) is 24.1. The molecule has 36 heavy (non-hydrogen) atoms. The predicted molar refractivity (Wildman–Crippen MR) is 143 cm³/mol. The molecule has 0 aliphatic carbocycles. The fraction of sp³-hybridized carbons (Fsp3) is 0.333. The summed E-state index contributed by atoms with van der Waals surface area (Å²) in [6.07, 6.45) is 0.639. The zero-order chi connectivity index (χ0) is 25.2. The second-order valence-electron chi connectivity index (χ2n) is 9.68. The van der Waals surface area contributed by atoms with Crippen LogP contribution in [0.3, 0.4) is 0 Å². The molecule has 1 saturated heterocycles. The van der Waals surface area contributed by atoms with E-state index in [4.69, 9.17) is 9.72 Å². The highest BCUT2D eigenvalue weighted by Gasteiger charge is 2.35.